The van der Waals surface area contributed by atoms with Crippen LogP contribution < -0.4 is 5.32 Å². The number of rotatable bonds is 4. The minimum atomic E-state index is -0.827. The molecule has 2 N–H and O–H groups in total. The number of aliphatic hydroxyl groups is 1. The number of carbonyl (C=O) groups excluding carboxylic acids is 1. The van der Waals surface area contributed by atoms with Crippen molar-refractivity contribution in [1.29, 1.82) is 0 Å². The zero-order valence-electron chi connectivity index (χ0n) is 11.3. The topological polar surface area (TPSA) is 92.5 Å². The molecular weight excluding hydrogens is 280 g/mol. The van der Waals surface area contributed by atoms with E-state index in [0.717, 1.165) is 30.6 Å². The fourth-order valence-corrected chi connectivity index (χ4v) is 3.39. The molecule has 1 saturated carbocycles. The molecule has 0 unspecified atom stereocenters. The summed E-state index contributed by atoms with van der Waals surface area (Å²) in [6.45, 7) is 1.82. The van der Waals surface area contributed by atoms with Gasteiger partial charge in [0.15, 0.2) is 0 Å². The first kappa shape index (κ1) is 14.9. The number of hydrogen-bond donors (Lipinski definition) is 2. The summed E-state index contributed by atoms with van der Waals surface area (Å²) in [6.07, 6.45) is 4.44. The molecule has 1 aliphatic rings. The lowest BCUT2D eigenvalue weighted by atomic mass is 9.85. The third-order valence-electron chi connectivity index (χ3n) is 3.67. The summed E-state index contributed by atoms with van der Waals surface area (Å²) in [5.74, 6) is -0.356. The monoisotopic (exact) mass is 298 g/mol. The summed E-state index contributed by atoms with van der Waals surface area (Å²) < 4.78 is 0. The Morgan fingerprint density at radius 2 is 2.15 bits per heavy atom. The van der Waals surface area contributed by atoms with Gasteiger partial charge in [0.25, 0.3) is 11.6 Å². The van der Waals surface area contributed by atoms with Crippen LogP contribution in [-0.2, 0) is 0 Å². The molecule has 0 bridgehead atoms. The minimum absolute atomic E-state index is 0.0310. The quantitative estimate of drug-likeness (QED) is 0.659. The number of hydrogen-bond acceptors (Lipinski definition) is 5. The molecular formula is C13H18N2O4S. The van der Waals surface area contributed by atoms with Gasteiger partial charge in [-0.2, -0.15) is 0 Å². The first-order valence-corrected chi connectivity index (χ1v) is 7.48. The average Bonchev–Trinajstić information content (AvgIpc) is 2.79. The second-order valence-corrected chi connectivity index (χ2v) is 6.53. The van der Waals surface area contributed by atoms with Crippen LogP contribution in [0.2, 0.25) is 0 Å². The van der Waals surface area contributed by atoms with Crippen LogP contribution in [0.5, 0.6) is 0 Å². The van der Waals surface area contributed by atoms with Gasteiger partial charge in [0, 0.05) is 12.6 Å². The predicted octanol–water partition coefficient (Wildman–Crippen LogP) is 2.39. The average molecular weight is 298 g/mol. The van der Waals surface area contributed by atoms with Crippen LogP contribution >= 0.6 is 11.3 Å². The summed E-state index contributed by atoms with van der Waals surface area (Å²) >= 11 is 1.10. The maximum atomic E-state index is 12.0. The maximum absolute atomic E-state index is 12.0. The smallest absolute Gasteiger partial charge is 0.283 e. The standard InChI is InChI=1S/C13H18N2O4S/c1-9-10(15(18)19)7-11(20-9)12(16)14-8-13(17)5-3-2-4-6-13/h7,17H,2-6,8H2,1H3,(H,14,16). The van der Waals surface area contributed by atoms with Crippen molar-refractivity contribution in [3.05, 3.63) is 25.9 Å². The van der Waals surface area contributed by atoms with Crippen LogP contribution in [0.3, 0.4) is 0 Å². The summed E-state index contributed by atoms with van der Waals surface area (Å²) in [5.41, 5.74) is -0.858. The molecule has 6 nitrogen and oxygen atoms in total. The van der Waals surface area contributed by atoms with Crippen molar-refractivity contribution in [2.75, 3.05) is 6.54 Å². The van der Waals surface area contributed by atoms with E-state index in [0.29, 0.717) is 22.6 Å². The molecule has 1 fully saturated rings. The van der Waals surface area contributed by atoms with Gasteiger partial charge >= 0.3 is 0 Å². The van der Waals surface area contributed by atoms with Crippen molar-refractivity contribution in [3.8, 4) is 0 Å². The Kier molecular flexibility index (Phi) is 4.39. The molecule has 1 aromatic heterocycles. The van der Waals surface area contributed by atoms with E-state index >= 15 is 0 Å². The number of nitrogens with one attached hydrogen (secondary N) is 1. The fourth-order valence-electron chi connectivity index (χ4n) is 2.48. The lowest BCUT2D eigenvalue weighted by Crippen LogP contribution is -2.44. The molecule has 0 atom stereocenters. The number of amides is 1. The zero-order valence-corrected chi connectivity index (χ0v) is 12.2. The normalized spacial score (nSPS) is 17.7. The van der Waals surface area contributed by atoms with Crippen LogP contribution in [0.15, 0.2) is 6.07 Å². The predicted molar refractivity (Wildman–Crippen MR) is 76.1 cm³/mol. The molecule has 1 aromatic rings. The van der Waals surface area contributed by atoms with Gasteiger partial charge in [-0.1, -0.05) is 19.3 Å². The van der Waals surface area contributed by atoms with Crippen molar-refractivity contribution in [1.82, 2.24) is 5.32 Å². The second-order valence-electron chi connectivity index (χ2n) is 5.28. The number of nitro groups is 1. The molecule has 0 saturated heterocycles. The van der Waals surface area contributed by atoms with Crippen LogP contribution in [-0.4, -0.2) is 28.1 Å². The molecule has 1 aliphatic carbocycles. The van der Waals surface area contributed by atoms with E-state index in [1.807, 2.05) is 0 Å². The van der Waals surface area contributed by atoms with Gasteiger partial charge in [-0.3, -0.25) is 14.9 Å². The van der Waals surface area contributed by atoms with Crippen LogP contribution in [0, 0.1) is 17.0 Å². The highest BCUT2D eigenvalue weighted by molar-refractivity contribution is 7.14. The Morgan fingerprint density at radius 3 is 2.70 bits per heavy atom. The molecule has 0 aromatic carbocycles. The lowest BCUT2D eigenvalue weighted by molar-refractivity contribution is -0.385. The maximum Gasteiger partial charge on any atom is 0.283 e. The molecule has 110 valence electrons. The molecule has 0 spiro atoms. The Balaban J connectivity index is 1.98. The molecule has 0 radical (unpaired) electrons. The van der Waals surface area contributed by atoms with Crippen molar-refractivity contribution >= 4 is 22.9 Å². The Morgan fingerprint density at radius 1 is 1.50 bits per heavy atom. The summed E-state index contributed by atoms with van der Waals surface area (Å²) in [7, 11) is 0. The van der Waals surface area contributed by atoms with E-state index < -0.39 is 10.5 Å². The summed E-state index contributed by atoms with van der Waals surface area (Å²) in [6, 6.07) is 1.29. The number of thiophene rings is 1. The fraction of sp³-hybridized carbons (Fsp3) is 0.615. The number of carbonyl (C=O) groups is 1. The van der Waals surface area contributed by atoms with Crippen LogP contribution in [0.25, 0.3) is 0 Å². The highest BCUT2D eigenvalue weighted by atomic mass is 32.1. The molecule has 20 heavy (non-hydrogen) atoms. The van der Waals surface area contributed by atoms with Gasteiger partial charge in [-0.25, -0.2) is 0 Å². The van der Waals surface area contributed by atoms with E-state index in [2.05, 4.69) is 5.32 Å². The highest BCUT2D eigenvalue weighted by Crippen LogP contribution is 2.29. The Bertz CT molecular complexity index is 520. The van der Waals surface area contributed by atoms with E-state index in [1.54, 1.807) is 6.92 Å². The van der Waals surface area contributed by atoms with Crippen molar-refractivity contribution in [2.24, 2.45) is 0 Å². The molecule has 0 aliphatic heterocycles. The largest absolute Gasteiger partial charge is 0.388 e. The first-order valence-electron chi connectivity index (χ1n) is 6.67. The van der Waals surface area contributed by atoms with Gasteiger partial charge in [-0.05, 0) is 19.8 Å². The van der Waals surface area contributed by atoms with Crippen molar-refractivity contribution in [3.63, 3.8) is 0 Å². The van der Waals surface area contributed by atoms with Crippen LogP contribution in [0.4, 0.5) is 5.69 Å². The Labute approximate surface area is 121 Å². The zero-order chi connectivity index (χ0) is 14.8. The van der Waals surface area contributed by atoms with Gasteiger partial charge in [0.05, 0.1) is 20.3 Å². The van der Waals surface area contributed by atoms with E-state index in [9.17, 15) is 20.0 Å². The summed E-state index contributed by atoms with van der Waals surface area (Å²) in [5, 5.41) is 23.7. The van der Waals surface area contributed by atoms with E-state index in [4.69, 9.17) is 0 Å². The number of aryl methyl sites for hydroxylation is 1. The van der Waals surface area contributed by atoms with Crippen molar-refractivity contribution in [2.45, 2.75) is 44.6 Å². The Hall–Kier alpha value is -1.47. The van der Waals surface area contributed by atoms with Crippen LogP contribution in [0.1, 0.15) is 46.7 Å². The minimum Gasteiger partial charge on any atom is -0.388 e. The molecule has 2 rings (SSSR count). The van der Waals surface area contributed by atoms with Gasteiger partial charge in [0.1, 0.15) is 0 Å². The highest BCUT2D eigenvalue weighted by Gasteiger charge is 2.30. The van der Waals surface area contributed by atoms with Crippen molar-refractivity contribution < 1.29 is 14.8 Å². The SMILES string of the molecule is Cc1sc(C(=O)NCC2(O)CCCCC2)cc1[N+](=O)[O-]. The summed E-state index contributed by atoms with van der Waals surface area (Å²) in [4.78, 5) is 23.1. The lowest BCUT2D eigenvalue weighted by Gasteiger charge is -2.31. The van der Waals surface area contributed by atoms with Gasteiger partial charge in [0.2, 0.25) is 0 Å². The first-order chi connectivity index (χ1) is 9.41. The third-order valence-corrected chi connectivity index (χ3v) is 4.71. The second kappa shape index (κ2) is 5.88. The van der Waals surface area contributed by atoms with Gasteiger partial charge < -0.3 is 10.4 Å². The number of nitrogens with zero attached hydrogens (tertiary/aromatic N) is 1. The van der Waals surface area contributed by atoms with E-state index in [1.165, 1.54) is 6.07 Å². The van der Waals surface area contributed by atoms with Gasteiger partial charge in [-0.15, -0.1) is 11.3 Å². The molecule has 1 heterocycles. The third kappa shape index (κ3) is 3.34. The molecule has 1 amide bonds. The molecule has 7 heteroatoms. The van der Waals surface area contributed by atoms with E-state index in [-0.39, 0.29) is 18.1 Å².